The normalized spacial score (nSPS) is 11.8. The zero-order valence-electron chi connectivity index (χ0n) is 16.6. The van der Waals surface area contributed by atoms with Crippen LogP contribution in [0.5, 0.6) is 0 Å². The lowest BCUT2D eigenvalue weighted by molar-refractivity contribution is 0.379. The predicted molar refractivity (Wildman–Crippen MR) is 121 cm³/mol. The number of rotatable bonds is 5. The first kappa shape index (κ1) is 21.9. The summed E-state index contributed by atoms with van der Waals surface area (Å²) in [6.07, 6.45) is 5.48. The number of hydrogen-bond donors (Lipinski definition) is 2. The van der Waals surface area contributed by atoms with E-state index in [4.69, 9.17) is 4.42 Å². The second-order valence-electron chi connectivity index (χ2n) is 7.26. The van der Waals surface area contributed by atoms with Crippen LogP contribution in [0.2, 0.25) is 0 Å². The lowest BCUT2D eigenvalue weighted by Crippen LogP contribution is -2.36. The van der Waals surface area contributed by atoms with Gasteiger partial charge >= 0.3 is 0 Å². The number of nitrogens with one attached hydrogen (secondary N) is 2. The van der Waals surface area contributed by atoms with Crippen molar-refractivity contribution in [2.75, 3.05) is 7.05 Å². The van der Waals surface area contributed by atoms with Gasteiger partial charge in [-0.3, -0.25) is 4.99 Å². The summed E-state index contributed by atoms with van der Waals surface area (Å²) in [5.74, 6) is 2.22. The first-order valence-corrected chi connectivity index (χ1v) is 8.94. The maximum absolute atomic E-state index is 5.79. The van der Waals surface area contributed by atoms with E-state index in [1.807, 2.05) is 29.1 Å². The Morgan fingerprint density at radius 2 is 1.86 bits per heavy atom. The molecule has 3 rings (SSSR count). The molecular weight excluding hydrogens is 467 g/mol. The summed E-state index contributed by atoms with van der Waals surface area (Å²) in [5.41, 5.74) is 2.14. The molecule has 0 bridgehead atoms. The second kappa shape index (κ2) is 9.72. The number of benzene rings is 1. The zero-order valence-corrected chi connectivity index (χ0v) is 19.0. The SMILES string of the molecule is CN=C(NCc1ccc(-n2cccn2)cc1)NCc1ncc(C(C)(C)C)o1.I. The Bertz CT molecular complexity index is 878. The van der Waals surface area contributed by atoms with Crippen molar-refractivity contribution in [3.8, 4) is 5.69 Å². The monoisotopic (exact) mass is 494 g/mol. The van der Waals surface area contributed by atoms with Gasteiger partial charge in [0.2, 0.25) is 5.89 Å². The number of aliphatic imine (C=N–C) groups is 1. The van der Waals surface area contributed by atoms with Crippen molar-refractivity contribution in [2.24, 2.45) is 4.99 Å². The molecule has 7 nitrogen and oxygen atoms in total. The molecule has 0 unspecified atom stereocenters. The molecule has 150 valence electrons. The molecule has 0 radical (unpaired) electrons. The first-order chi connectivity index (χ1) is 13.0. The van der Waals surface area contributed by atoms with E-state index in [0.29, 0.717) is 24.9 Å². The van der Waals surface area contributed by atoms with Crippen molar-refractivity contribution in [3.05, 3.63) is 66.1 Å². The van der Waals surface area contributed by atoms with Crippen molar-refractivity contribution in [1.29, 1.82) is 0 Å². The molecule has 0 spiro atoms. The lowest BCUT2D eigenvalue weighted by atomic mass is 9.94. The molecule has 0 aliphatic carbocycles. The van der Waals surface area contributed by atoms with Gasteiger partial charge in [0.1, 0.15) is 5.76 Å². The van der Waals surface area contributed by atoms with Crippen molar-refractivity contribution >= 4 is 29.9 Å². The summed E-state index contributed by atoms with van der Waals surface area (Å²) in [6, 6.07) is 10.1. The summed E-state index contributed by atoms with van der Waals surface area (Å²) in [7, 11) is 1.74. The number of halogens is 1. The fraction of sp³-hybridized carbons (Fsp3) is 0.350. The summed E-state index contributed by atoms with van der Waals surface area (Å²) in [6.45, 7) is 7.44. The molecule has 28 heavy (non-hydrogen) atoms. The maximum atomic E-state index is 5.79. The molecule has 8 heteroatoms. The van der Waals surface area contributed by atoms with Crippen molar-refractivity contribution < 1.29 is 4.42 Å². The van der Waals surface area contributed by atoms with E-state index < -0.39 is 0 Å². The minimum Gasteiger partial charge on any atom is -0.443 e. The van der Waals surface area contributed by atoms with Crippen LogP contribution in [0, 0.1) is 0 Å². The smallest absolute Gasteiger partial charge is 0.213 e. The van der Waals surface area contributed by atoms with Crippen LogP contribution in [0.15, 0.2) is 58.3 Å². The van der Waals surface area contributed by atoms with Gasteiger partial charge in [-0.25, -0.2) is 9.67 Å². The zero-order chi connectivity index (χ0) is 19.3. The Hall–Kier alpha value is -2.36. The molecule has 2 N–H and O–H groups in total. The fourth-order valence-corrected chi connectivity index (χ4v) is 2.49. The highest BCUT2D eigenvalue weighted by atomic mass is 127. The number of hydrogen-bond acceptors (Lipinski definition) is 4. The van der Waals surface area contributed by atoms with Crippen molar-refractivity contribution in [1.82, 2.24) is 25.4 Å². The van der Waals surface area contributed by atoms with Crippen molar-refractivity contribution in [2.45, 2.75) is 39.3 Å². The summed E-state index contributed by atoms with van der Waals surface area (Å²) in [4.78, 5) is 8.56. The quantitative estimate of drug-likeness (QED) is 0.322. The average Bonchev–Trinajstić information content (AvgIpc) is 3.34. The van der Waals surface area contributed by atoms with E-state index in [0.717, 1.165) is 17.0 Å². The van der Waals surface area contributed by atoms with Gasteiger partial charge in [-0.2, -0.15) is 5.10 Å². The molecule has 0 amide bonds. The molecule has 0 fully saturated rings. The largest absolute Gasteiger partial charge is 0.443 e. The highest BCUT2D eigenvalue weighted by molar-refractivity contribution is 14.0. The van der Waals surface area contributed by atoms with Gasteiger partial charge in [0.05, 0.1) is 18.4 Å². The summed E-state index contributed by atoms with van der Waals surface area (Å²) in [5, 5.41) is 10.7. The molecular formula is C20H27IN6O. The minimum atomic E-state index is -0.0481. The van der Waals surface area contributed by atoms with Crippen LogP contribution in [0.3, 0.4) is 0 Å². The van der Waals surface area contributed by atoms with Gasteiger partial charge in [0.25, 0.3) is 0 Å². The fourth-order valence-electron chi connectivity index (χ4n) is 2.49. The van der Waals surface area contributed by atoms with Crippen LogP contribution >= 0.6 is 24.0 Å². The Labute approximate surface area is 182 Å². The Balaban J connectivity index is 0.00000280. The Kier molecular flexibility index (Phi) is 7.61. The van der Waals surface area contributed by atoms with Crippen molar-refractivity contribution in [3.63, 3.8) is 0 Å². The number of aromatic nitrogens is 3. The molecule has 1 aromatic carbocycles. The van der Waals surface area contributed by atoms with E-state index in [1.54, 1.807) is 19.4 Å². The maximum Gasteiger partial charge on any atom is 0.213 e. The van der Waals surface area contributed by atoms with Gasteiger partial charge in [-0.1, -0.05) is 32.9 Å². The number of oxazole rings is 1. The van der Waals surface area contributed by atoms with Gasteiger partial charge in [-0.05, 0) is 23.8 Å². The predicted octanol–water partition coefficient (Wildman–Crippen LogP) is 3.64. The van der Waals surface area contributed by atoms with Crippen LogP contribution < -0.4 is 10.6 Å². The van der Waals surface area contributed by atoms with Crippen LogP contribution in [0.1, 0.15) is 38.0 Å². The minimum absolute atomic E-state index is 0. The lowest BCUT2D eigenvalue weighted by Gasteiger charge is -2.13. The van der Waals surface area contributed by atoms with Crippen LogP contribution in [0.25, 0.3) is 5.69 Å². The molecule has 3 aromatic rings. The third kappa shape index (κ3) is 5.82. The van der Waals surface area contributed by atoms with E-state index in [9.17, 15) is 0 Å². The van der Waals surface area contributed by atoms with Crippen LogP contribution in [-0.4, -0.2) is 27.8 Å². The highest BCUT2D eigenvalue weighted by Gasteiger charge is 2.19. The summed E-state index contributed by atoms with van der Waals surface area (Å²) < 4.78 is 7.62. The Morgan fingerprint density at radius 1 is 1.14 bits per heavy atom. The molecule has 2 heterocycles. The third-order valence-corrected chi connectivity index (χ3v) is 4.09. The first-order valence-electron chi connectivity index (χ1n) is 8.94. The van der Waals surface area contributed by atoms with E-state index >= 15 is 0 Å². The molecule has 0 saturated heterocycles. The topological polar surface area (TPSA) is 80.3 Å². The average molecular weight is 494 g/mol. The molecule has 0 atom stereocenters. The molecule has 0 saturated carbocycles. The van der Waals surface area contributed by atoms with Gasteiger partial charge in [-0.15, -0.1) is 24.0 Å². The van der Waals surface area contributed by atoms with E-state index in [1.165, 1.54) is 0 Å². The second-order valence-corrected chi connectivity index (χ2v) is 7.26. The van der Waals surface area contributed by atoms with Crippen LogP contribution in [0.4, 0.5) is 0 Å². The van der Waals surface area contributed by atoms with E-state index in [-0.39, 0.29) is 29.4 Å². The third-order valence-electron chi connectivity index (χ3n) is 4.09. The summed E-state index contributed by atoms with van der Waals surface area (Å²) >= 11 is 0. The molecule has 0 aliphatic heterocycles. The molecule has 2 aromatic heterocycles. The molecule has 0 aliphatic rings. The van der Waals surface area contributed by atoms with Gasteiger partial charge in [0, 0.05) is 31.4 Å². The number of guanidine groups is 1. The Morgan fingerprint density at radius 3 is 2.43 bits per heavy atom. The van der Waals surface area contributed by atoms with Gasteiger partial charge in [0.15, 0.2) is 5.96 Å². The highest BCUT2D eigenvalue weighted by Crippen LogP contribution is 2.22. The van der Waals surface area contributed by atoms with E-state index in [2.05, 4.69) is 58.6 Å². The van der Waals surface area contributed by atoms with Crippen LogP contribution in [-0.2, 0) is 18.5 Å². The van der Waals surface area contributed by atoms with Gasteiger partial charge < -0.3 is 15.1 Å². The number of nitrogens with zero attached hydrogens (tertiary/aromatic N) is 4. The standard InChI is InChI=1S/C20H26N6O.HI/c1-20(2,3)17-13-22-18(27-17)14-24-19(21-4)23-12-15-6-8-16(9-7-15)26-11-5-10-25-26;/h5-11,13H,12,14H2,1-4H3,(H2,21,23,24);1H.